The van der Waals surface area contributed by atoms with Gasteiger partial charge >= 0.3 is 6.18 Å². The lowest BCUT2D eigenvalue weighted by atomic mass is 10.0. The smallest absolute Gasteiger partial charge is 0.416 e. The predicted molar refractivity (Wildman–Crippen MR) is 120 cm³/mol. The van der Waals surface area contributed by atoms with E-state index in [-0.39, 0.29) is 33.4 Å². The summed E-state index contributed by atoms with van der Waals surface area (Å²) in [7, 11) is -3.56. The number of allylic oxidation sites excluding steroid dienone is 2. The zero-order valence-electron chi connectivity index (χ0n) is 18.8. The number of nitrogens with zero attached hydrogens (tertiary/aromatic N) is 1. The van der Waals surface area contributed by atoms with Crippen LogP contribution in [0.25, 0.3) is 5.57 Å². The number of nitrogens with one attached hydrogen (secondary N) is 1. The van der Waals surface area contributed by atoms with Gasteiger partial charge in [0.1, 0.15) is 11.6 Å². The fraction of sp³-hybridized carbons (Fsp3) is 0.292. The zero-order chi connectivity index (χ0) is 25.5. The number of alkyl halides is 3. The van der Waals surface area contributed by atoms with Crippen molar-refractivity contribution < 1.29 is 35.5 Å². The number of sulfone groups is 1. The van der Waals surface area contributed by atoms with E-state index in [1.54, 1.807) is 13.8 Å². The Bertz CT molecular complexity index is 1330. The van der Waals surface area contributed by atoms with Crippen molar-refractivity contribution >= 4 is 21.3 Å². The molecule has 0 radical (unpaired) electrons. The van der Waals surface area contributed by atoms with E-state index < -0.39 is 38.6 Å². The summed E-state index contributed by atoms with van der Waals surface area (Å²) in [5.41, 5.74) is 1.68. The summed E-state index contributed by atoms with van der Waals surface area (Å²) in [4.78, 5) is 13.3. The van der Waals surface area contributed by atoms with Crippen LogP contribution in [0.5, 0.6) is 5.75 Å². The Kier molecular flexibility index (Phi) is 6.39. The van der Waals surface area contributed by atoms with Crippen molar-refractivity contribution in [2.24, 2.45) is 0 Å². The van der Waals surface area contributed by atoms with Crippen molar-refractivity contribution in [3.63, 3.8) is 0 Å². The fourth-order valence-corrected chi connectivity index (χ4v) is 5.20. The van der Waals surface area contributed by atoms with Crippen LogP contribution in [-0.4, -0.2) is 30.7 Å². The van der Waals surface area contributed by atoms with Crippen LogP contribution in [0.2, 0.25) is 0 Å². The maximum absolute atomic E-state index is 14.3. The molecular formula is C24H22F4N2O4S. The molecule has 2 aliphatic rings. The molecule has 2 aromatic carbocycles. The molecule has 0 aromatic heterocycles. The number of hydrogen-bond donors (Lipinski definition) is 1. The van der Waals surface area contributed by atoms with E-state index in [0.29, 0.717) is 18.9 Å². The number of benzene rings is 2. The highest BCUT2D eigenvalue weighted by Crippen LogP contribution is 2.36. The van der Waals surface area contributed by atoms with Gasteiger partial charge in [-0.3, -0.25) is 10.2 Å². The first-order chi connectivity index (χ1) is 16.4. The highest BCUT2D eigenvalue weighted by atomic mass is 32.2. The van der Waals surface area contributed by atoms with Gasteiger partial charge in [0.15, 0.2) is 9.84 Å². The molecule has 1 heterocycles. The summed E-state index contributed by atoms with van der Waals surface area (Å²) in [6.45, 7) is 3.52. The van der Waals surface area contributed by atoms with E-state index in [0.717, 1.165) is 17.1 Å². The van der Waals surface area contributed by atoms with Gasteiger partial charge in [-0.2, -0.15) is 13.2 Å². The van der Waals surface area contributed by atoms with Crippen molar-refractivity contribution in [3.8, 4) is 5.75 Å². The van der Waals surface area contributed by atoms with E-state index in [4.69, 9.17) is 4.74 Å². The monoisotopic (exact) mass is 510 g/mol. The third-order valence-electron chi connectivity index (χ3n) is 5.42. The predicted octanol–water partition coefficient (Wildman–Crippen LogP) is 5.08. The third-order valence-corrected chi connectivity index (χ3v) is 7.68. The lowest BCUT2D eigenvalue weighted by Gasteiger charge is -2.24. The number of hydrogen-bond acceptors (Lipinski definition) is 5. The molecule has 2 aromatic rings. The van der Waals surface area contributed by atoms with E-state index in [9.17, 15) is 30.8 Å². The van der Waals surface area contributed by atoms with Gasteiger partial charge in [0.05, 0.1) is 27.4 Å². The standard InChI is InChI=1S/C24H22F4N2O4S/c1-14(2)34-22-8-6-18(35(32,33)17-4-5-17)12-20(22)23(31)30-10-9-15(13-29-30)19-7-3-16(11-21(19)25)24(26,27)28/h3,6-14,17,29H,4-5H2,1-2H3. The van der Waals surface area contributed by atoms with Gasteiger partial charge in [-0.05, 0) is 63.1 Å². The number of amides is 1. The van der Waals surface area contributed by atoms with Crippen LogP contribution in [0.4, 0.5) is 17.6 Å². The molecule has 0 bridgehead atoms. The average Bonchev–Trinajstić information content (AvgIpc) is 3.64. The molecule has 0 saturated heterocycles. The topological polar surface area (TPSA) is 75.7 Å². The minimum Gasteiger partial charge on any atom is -0.490 e. The number of carbonyl (C=O) groups excluding carboxylic acids is 1. The van der Waals surface area contributed by atoms with Crippen LogP contribution in [-0.2, 0) is 16.0 Å². The molecule has 0 atom stereocenters. The minimum atomic E-state index is -4.67. The van der Waals surface area contributed by atoms with Gasteiger partial charge in [-0.15, -0.1) is 0 Å². The van der Waals surface area contributed by atoms with Crippen molar-refractivity contribution in [2.45, 2.75) is 49.1 Å². The van der Waals surface area contributed by atoms with E-state index >= 15 is 0 Å². The Balaban J connectivity index is 1.60. The average molecular weight is 511 g/mol. The molecule has 6 nitrogen and oxygen atoms in total. The molecule has 1 saturated carbocycles. The molecule has 186 valence electrons. The van der Waals surface area contributed by atoms with Gasteiger partial charge in [0.2, 0.25) is 0 Å². The molecule has 0 spiro atoms. The third kappa shape index (κ3) is 5.19. The van der Waals surface area contributed by atoms with Crippen molar-refractivity contribution in [1.29, 1.82) is 0 Å². The van der Waals surface area contributed by atoms with E-state index in [1.165, 1.54) is 36.7 Å². The largest absolute Gasteiger partial charge is 0.490 e. The Morgan fingerprint density at radius 1 is 1.14 bits per heavy atom. The number of halogens is 4. The molecule has 0 unspecified atom stereocenters. The zero-order valence-corrected chi connectivity index (χ0v) is 19.6. The summed E-state index contributed by atoms with van der Waals surface area (Å²) < 4.78 is 83.8. The lowest BCUT2D eigenvalue weighted by molar-refractivity contribution is -0.137. The first-order valence-corrected chi connectivity index (χ1v) is 12.3. The molecule has 1 aliphatic heterocycles. The number of carbonyl (C=O) groups is 1. The van der Waals surface area contributed by atoms with Gasteiger partial charge in [0.25, 0.3) is 5.91 Å². The van der Waals surface area contributed by atoms with Crippen molar-refractivity contribution in [3.05, 3.63) is 77.4 Å². The summed E-state index contributed by atoms with van der Waals surface area (Å²) in [6, 6.07) is 6.31. The van der Waals surface area contributed by atoms with Crippen LogP contribution in [0.3, 0.4) is 0 Å². The molecule has 1 fully saturated rings. The van der Waals surface area contributed by atoms with Gasteiger partial charge in [-0.25, -0.2) is 17.8 Å². The Hall–Kier alpha value is -3.34. The van der Waals surface area contributed by atoms with Gasteiger partial charge in [0, 0.05) is 23.5 Å². The van der Waals surface area contributed by atoms with Crippen LogP contribution < -0.4 is 10.2 Å². The number of hydrazine groups is 1. The molecule has 11 heteroatoms. The van der Waals surface area contributed by atoms with Crippen molar-refractivity contribution in [2.75, 3.05) is 0 Å². The summed E-state index contributed by atoms with van der Waals surface area (Å²) in [5.74, 6) is -1.51. The van der Waals surface area contributed by atoms with Gasteiger partial charge in [-0.1, -0.05) is 6.07 Å². The molecule has 1 amide bonds. The second-order valence-corrected chi connectivity index (χ2v) is 10.7. The molecule has 35 heavy (non-hydrogen) atoms. The van der Waals surface area contributed by atoms with Crippen molar-refractivity contribution in [1.82, 2.24) is 10.4 Å². The second kappa shape index (κ2) is 9.03. The summed E-state index contributed by atoms with van der Waals surface area (Å²) in [5, 5.41) is 0.584. The number of rotatable bonds is 6. The first kappa shape index (κ1) is 24.8. The fourth-order valence-electron chi connectivity index (χ4n) is 3.51. The maximum atomic E-state index is 14.3. The minimum absolute atomic E-state index is 0.00938. The second-order valence-electron chi connectivity index (χ2n) is 8.48. The van der Waals surface area contributed by atoms with Crippen LogP contribution in [0.1, 0.15) is 48.2 Å². The van der Waals surface area contributed by atoms with Crippen LogP contribution in [0.15, 0.2) is 59.8 Å². The van der Waals surface area contributed by atoms with Crippen LogP contribution >= 0.6 is 0 Å². The lowest BCUT2D eigenvalue weighted by Crippen LogP contribution is -2.37. The Morgan fingerprint density at radius 3 is 2.40 bits per heavy atom. The Labute approximate surface area is 199 Å². The molecule has 1 aliphatic carbocycles. The van der Waals surface area contributed by atoms with E-state index in [2.05, 4.69) is 5.43 Å². The molecule has 1 N–H and O–H groups in total. The summed E-state index contributed by atoms with van der Waals surface area (Å²) in [6.07, 6.45) is 0.0722. The highest BCUT2D eigenvalue weighted by molar-refractivity contribution is 7.92. The Morgan fingerprint density at radius 2 is 1.86 bits per heavy atom. The maximum Gasteiger partial charge on any atom is 0.416 e. The van der Waals surface area contributed by atoms with Crippen LogP contribution in [0, 0.1) is 5.82 Å². The summed E-state index contributed by atoms with van der Waals surface area (Å²) >= 11 is 0. The quantitative estimate of drug-likeness (QED) is 0.549. The molecule has 4 rings (SSSR count). The SMILES string of the molecule is CC(C)Oc1ccc(S(=O)(=O)C2CC2)cc1C(=O)N1C=CC(c2ccc(C(F)(F)F)cc2F)=CN1. The van der Waals surface area contributed by atoms with E-state index in [1.807, 2.05) is 0 Å². The normalized spacial score (nSPS) is 16.2. The van der Waals surface area contributed by atoms with Gasteiger partial charge < -0.3 is 4.74 Å². The highest BCUT2D eigenvalue weighted by Gasteiger charge is 2.38. The first-order valence-electron chi connectivity index (χ1n) is 10.8. The number of ether oxygens (including phenoxy) is 1. The molecular weight excluding hydrogens is 488 g/mol.